The van der Waals surface area contributed by atoms with E-state index in [9.17, 15) is 14.6 Å². The van der Waals surface area contributed by atoms with Gasteiger partial charge in [0.2, 0.25) is 5.91 Å². The summed E-state index contributed by atoms with van der Waals surface area (Å²) in [5.74, 6) is 0.927. The van der Waals surface area contributed by atoms with Crippen molar-refractivity contribution in [3.8, 4) is 0 Å². The number of likely N-dealkylation sites (tertiary alicyclic amines) is 2. The Bertz CT molecular complexity index is 748. The van der Waals surface area contributed by atoms with Crippen LogP contribution in [0.1, 0.15) is 89.8 Å². The number of pyridine rings is 1. The zero-order chi connectivity index (χ0) is 22.8. The second-order valence-electron chi connectivity index (χ2n) is 9.59. The Hall–Kier alpha value is -1.07. The minimum Gasteiger partial charge on any atom is -0.347 e. The number of carbonyl (C=O) groups is 1. The van der Waals surface area contributed by atoms with Crippen molar-refractivity contribution in [2.75, 3.05) is 26.2 Å². The standard InChI is InChI=1S/C22H34N3O3P.C2H6/c1-4-21(26)25-13-22(14-25)10-17(11-22)24-7-5-16(6-8-24)18-12-23-19(15(2)3)9-20(18)29(27)28;1-2/h9,12,15-17,27-28H,4-8,10-11,13-14H2,1-3H3;1-2H3. The SMILES string of the molecule is CC.CCC(=O)N1CC2(CC(N3CCC(c4cnc(C(C)C)cc4P(O)O)CC3)C2)C1. The van der Waals surface area contributed by atoms with E-state index in [1.807, 2.05) is 37.9 Å². The van der Waals surface area contributed by atoms with Gasteiger partial charge in [-0.15, -0.1) is 0 Å². The predicted octanol–water partition coefficient (Wildman–Crippen LogP) is 3.73. The van der Waals surface area contributed by atoms with Crippen molar-refractivity contribution in [3.05, 3.63) is 23.5 Å². The van der Waals surface area contributed by atoms with E-state index in [-0.39, 0.29) is 5.92 Å². The van der Waals surface area contributed by atoms with Crippen LogP contribution in [0.5, 0.6) is 0 Å². The van der Waals surface area contributed by atoms with Gasteiger partial charge in [0.15, 0.2) is 8.38 Å². The fourth-order valence-corrected chi connectivity index (χ4v) is 6.19. The minimum absolute atomic E-state index is 0.278. The molecule has 2 N–H and O–H groups in total. The Morgan fingerprint density at radius 1 is 1.23 bits per heavy atom. The third-order valence-electron chi connectivity index (χ3n) is 7.27. The van der Waals surface area contributed by atoms with Gasteiger partial charge < -0.3 is 19.6 Å². The summed E-state index contributed by atoms with van der Waals surface area (Å²) in [4.78, 5) is 40.9. The van der Waals surface area contributed by atoms with Gasteiger partial charge in [-0.25, -0.2) is 0 Å². The highest BCUT2D eigenvalue weighted by molar-refractivity contribution is 7.54. The molecule has 6 nitrogen and oxygen atoms in total. The molecular formula is C24H40N3O3P. The third kappa shape index (κ3) is 5.13. The molecule has 7 heteroatoms. The van der Waals surface area contributed by atoms with E-state index in [0.29, 0.717) is 35.0 Å². The normalized spacial score (nSPS) is 21.6. The number of piperidine rings is 1. The van der Waals surface area contributed by atoms with Crippen LogP contribution < -0.4 is 5.30 Å². The molecule has 174 valence electrons. The van der Waals surface area contributed by atoms with Crippen molar-refractivity contribution in [2.24, 2.45) is 5.41 Å². The minimum atomic E-state index is -2.10. The molecule has 31 heavy (non-hydrogen) atoms. The van der Waals surface area contributed by atoms with Gasteiger partial charge in [-0.2, -0.15) is 0 Å². The maximum absolute atomic E-state index is 11.8. The van der Waals surface area contributed by atoms with Crippen molar-refractivity contribution >= 4 is 19.6 Å². The van der Waals surface area contributed by atoms with E-state index in [1.165, 1.54) is 12.8 Å². The molecule has 1 spiro atoms. The Balaban J connectivity index is 0.00000132. The Morgan fingerprint density at radius 2 is 1.84 bits per heavy atom. The lowest BCUT2D eigenvalue weighted by molar-refractivity contribution is -0.157. The van der Waals surface area contributed by atoms with Gasteiger partial charge in [-0.3, -0.25) is 9.78 Å². The lowest BCUT2D eigenvalue weighted by Gasteiger charge is -2.61. The summed E-state index contributed by atoms with van der Waals surface area (Å²) in [5, 5.41) is 0.690. The summed E-state index contributed by atoms with van der Waals surface area (Å²) in [6.07, 6.45) is 7.04. The fraction of sp³-hybridized carbons (Fsp3) is 0.750. The lowest BCUT2D eigenvalue weighted by Crippen LogP contribution is -2.67. The van der Waals surface area contributed by atoms with Gasteiger partial charge in [0.05, 0.1) is 0 Å². The molecule has 4 rings (SSSR count). The third-order valence-corrected chi connectivity index (χ3v) is 8.09. The van der Waals surface area contributed by atoms with Crippen molar-refractivity contribution in [1.82, 2.24) is 14.8 Å². The van der Waals surface area contributed by atoms with Gasteiger partial charge in [-0.05, 0) is 62.2 Å². The number of carbonyl (C=O) groups excluding carboxylic acids is 1. The van der Waals surface area contributed by atoms with Crippen LogP contribution in [0.25, 0.3) is 0 Å². The van der Waals surface area contributed by atoms with Crippen molar-refractivity contribution < 1.29 is 14.6 Å². The number of amides is 1. The molecule has 1 amide bonds. The van der Waals surface area contributed by atoms with Crippen LogP contribution >= 0.6 is 8.38 Å². The average molecular weight is 450 g/mol. The summed E-state index contributed by atoms with van der Waals surface area (Å²) in [5.41, 5.74) is 2.36. The van der Waals surface area contributed by atoms with Crippen LogP contribution in [-0.4, -0.2) is 62.7 Å². The molecule has 0 bridgehead atoms. The Morgan fingerprint density at radius 3 is 2.35 bits per heavy atom. The van der Waals surface area contributed by atoms with Gasteiger partial charge in [0.25, 0.3) is 0 Å². The van der Waals surface area contributed by atoms with E-state index < -0.39 is 8.38 Å². The first-order valence-electron chi connectivity index (χ1n) is 12.0. The van der Waals surface area contributed by atoms with Gasteiger partial charge in [-0.1, -0.05) is 34.6 Å². The van der Waals surface area contributed by atoms with E-state index in [2.05, 4.69) is 23.7 Å². The first-order valence-corrected chi connectivity index (χ1v) is 13.3. The Labute approximate surface area is 189 Å². The maximum atomic E-state index is 11.8. The number of nitrogens with zero attached hydrogens (tertiary/aromatic N) is 3. The second-order valence-corrected chi connectivity index (χ2v) is 10.6. The molecule has 3 fully saturated rings. The summed E-state index contributed by atoms with van der Waals surface area (Å²) < 4.78 is 0. The molecule has 0 unspecified atom stereocenters. The smallest absolute Gasteiger partial charge is 0.222 e. The molecule has 0 aromatic carbocycles. The van der Waals surface area contributed by atoms with Crippen molar-refractivity contribution in [2.45, 2.75) is 84.6 Å². The van der Waals surface area contributed by atoms with E-state index in [4.69, 9.17) is 0 Å². The van der Waals surface area contributed by atoms with Gasteiger partial charge in [0.1, 0.15) is 0 Å². The second kappa shape index (κ2) is 10.2. The van der Waals surface area contributed by atoms with Crippen LogP contribution in [0.15, 0.2) is 12.3 Å². The number of hydrogen-bond donors (Lipinski definition) is 2. The summed E-state index contributed by atoms with van der Waals surface area (Å²) in [6.45, 7) is 14.1. The first kappa shape index (κ1) is 24.6. The molecule has 2 aliphatic heterocycles. The highest BCUT2D eigenvalue weighted by Gasteiger charge is 2.54. The Kier molecular flexibility index (Phi) is 8.12. The summed E-state index contributed by atoms with van der Waals surface area (Å²) in [6, 6.07) is 2.55. The van der Waals surface area contributed by atoms with Crippen LogP contribution in [0, 0.1) is 5.41 Å². The van der Waals surface area contributed by atoms with Crippen molar-refractivity contribution in [1.29, 1.82) is 0 Å². The summed E-state index contributed by atoms with van der Waals surface area (Å²) >= 11 is 0. The molecule has 3 heterocycles. The molecule has 3 aliphatic rings. The molecule has 2 saturated heterocycles. The first-order chi connectivity index (χ1) is 14.8. The molecule has 1 saturated carbocycles. The zero-order valence-electron chi connectivity index (χ0n) is 19.8. The fourth-order valence-electron chi connectivity index (χ4n) is 5.47. The number of aromatic nitrogens is 1. The monoisotopic (exact) mass is 449 g/mol. The maximum Gasteiger partial charge on any atom is 0.222 e. The molecule has 1 aromatic heterocycles. The summed E-state index contributed by atoms with van der Waals surface area (Å²) in [7, 11) is -2.10. The highest BCUT2D eigenvalue weighted by atomic mass is 31.2. The molecule has 1 aromatic rings. The van der Waals surface area contributed by atoms with E-state index in [1.54, 1.807) is 0 Å². The quantitative estimate of drug-likeness (QED) is 0.670. The number of rotatable bonds is 5. The molecule has 0 atom stereocenters. The zero-order valence-corrected chi connectivity index (χ0v) is 20.7. The average Bonchev–Trinajstić information content (AvgIpc) is 2.73. The van der Waals surface area contributed by atoms with Gasteiger partial charge >= 0.3 is 0 Å². The topological polar surface area (TPSA) is 76.9 Å². The van der Waals surface area contributed by atoms with Crippen LogP contribution in [0.3, 0.4) is 0 Å². The van der Waals surface area contributed by atoms with Gasteiger partial charge in [0, 0.05) is 48.2 Å². The largest absolute Gasteiger partial charge is 0.347 e. The van der Waals surface area contributed by atoms with Crippen LogP contribution in [0.4, 0.5) is 0 Å². The van der Waals surface area contributed by atoms with E-state index in [0.717, 1.165) is 50.3 Å². The van der Waals surface area contributed by atoms with E-state index >= 15 is 0 Å². The van der Waals surface area contributed by atoms with Crippen molar-refractivity contribution in [3.63, 3.8) is 0 Å². The molecular weight excluding hydrogens is 409 g/mol. The number of hydrogen-bond acceptors (Lipinski definition) is 5. The lowest BCUT2D eigenvalue weighted by atomic mass is 9.60. The molecule has 1 aliphatic carbocycles. The van der Waals surface area contributed by atoms with Crippen LogP contribution in [-0.2, 0) is 4.79 Å². The molecule has 0 radical (unpaired) electrons. The highest BCUT2D eigenvalue weighted by Crippen LogP contribution is 2.51. The van der Waals surface area contributed by atoms with Crippen LogP contribution in [0.2, 0.25) is 0 Å². The predicted molar refractivity (Wildman–Crippen MR) is 127 cm³/mol.